The maximum Gasteiger partial charge on any atom is 0.334 e. The Kier molecular flexibility index (Phi) is 9.85. The lowest BCUT2D eigenvalue weighted by molar-refractivity contribution is -0.131. The number of nitrogens with zero attached hydrogens (tertiary/aromatic N) is 2. The first-order valence-corrected chi connectivity index (χ1v) is 8.82. The third-order valence-electron chi connectivity index (χ3n) is 3.86. The van der Waals surface area contributed by atoms with E-state index in [1.165, 1.54) is 0 Å². The van der Waals surface area contributed by atoms with Crippen LogP contribution in [-0.4, -0.2) is 30.7 Å². The van der Waals surface area contributed by atoms with Crippen LogP contribution < -0.4 is 5.32 Å². The number of nitrogens with one attached hydrogen (secondary N) is 1. The second kappa shape index (κ2) is 10.4. The lowest BCUT2D eigenvalue weighted by Crippen LogP contribution is -2.44. The van der Waals surface area contributed by atoms with Crippen molar-refractivity contribution in [1.29, 1.82) is 0 Å². The van der Waals surface area contributed by atoms with Gasteiger partial charge in [-0.25, -0.2) is 0 Å². The summed E-state index contributed by atoms with van der Waals surface area (Å²) in [6, 6.07) is 0. The number of hydrogen-bond donors (Lipinski definition) is 1. The topological polar surface area (TPSA) is 61.8 Å². The van der Waals surface area contributed by atoms with Crippen molar-refractivity contribution < 1.29 is 4.79 Å². The number of allylic oxidation sites excluding steroid dienone is 1. The van der Waals surface area contributed by atoms with Crippen LogP contribution in [0.5, 0.6) is 0 Å². The summed E-state index contributed by atoms with van der Waals surface area (Å²) in [5.41, 5.74) is 0.997. The van der Waals surface area contributed by atoms with Crippen molar-refractivity contribution >= 4 is 12.8 Å². The molecule has 0 spiro atoms. The first-order valence-electron chi connectivity index (χ1n) is 8.82. The molecule has 0 aromatic carbocycles. The number of hydrogen-bond acceptors (Lipinski definition) is 4. The van der Waals surface area contributed by atoms with Gasteiger partial charge in [-0.05, 0) is 12.2 Å². The Morgan fingerprint density at radius 2 is 2.04 bits per heavy atom. The van der Waals surface area contributed by atoms with Crippen LogP contribution in [-0.2, 0) is 4.79 Å². The van der Waals surface area contributed by atoms with Gasteiger partial charge in [0.05, 0.1) is 0 Å². The Labute approximate surface area is 142 Å². The summed E-state index contributed by atoms with van der Waals surface area (Å²) in [6.07, 6.45) is 4.10. The molecule has 1 heterocycles. The predicted octanol–water partition coefficient (Wildman–Crippen LogP) is 4.14. The minimum atomic E-state index is -0.160. The van der Waals surface area contributed by atoms with Crippen molar-refractivity contribution in [2.24, 2.45) is 16.4 Å². The maximum atomic E-state index is 12.6. The summed E-state index contributed by atoms with van der Waals surface area (Å²) >= 11 is 0. The average Bonchev–Trinajstić information content (AvgIpc) is 2.53. The van der Waals surface area contributed by atoms with E-state index >= 15 is 0 Å². The molecule has 0 bridgehead atoms. The number of amides is 1. The zero-order chi connectivity index (χ0) is 18.0. The SMILES string of the molecule is CB(CCC(C)CC(=O)N1CCNC=C1C(C)(C)C)N=O.CC. The summed E-state index contributed by atoms with van der Waals surface area (Å²) in [5.74, 6) is 0.453. The van der Waals surface area contributed by atoms with Gasteiger partial charge < -0.3 is 10.2 Å². The largest absolute Gasteiger partial charge is 0.388 e. The molecule has 0 fully saturated rings. The van der Waals surface area contributed by atoms with Gasteiger partial charge in [0.15, 0.2) is 0 Å². The van der Waals surface area contributed by atoms with Crippen molar-refractivity contribution in [2.75, 3.05) is 13.1 Å². The zero-order valence-corrected chi connectivity index (χ0v) is 16.0. The number of carbonyl (C=O) groups is 1. The van der Waals surface area contributed by atoms with Crippen LogP contribution in [0.1, 0.15) is 54.4 Å². The van der Waals surface area contributed by atoms with Gasteiger partial charge in [-0.2, -0.15) is 4.91 Å². The lowest BCUT2D eigenvalue weighted by Gasteiger charge is -2.37. The van der Waals surface area contributed by atoms with Crippen molar-refractivity contribution in [1.82, 2.24) is 10.2 Å². The molecule has 1 amide bonds. The van der Waals surface area contributed by atoms with E-state index in [2.05, 4.69) is 38.1 Å². The highest BCUT2D eigenvalue weighted by Crippen LogP contribution is 2.30. The summed E-state index contributed by atoms with van der Waals surface area (Å²) in [7, 11) is 0. The van der Waals surface area contributed by atoms with Crippen LogP contribution in [0.3, 0.4) is 0 Å². The van der Waals surface area contributed by atoms with Gasteiger partial charge in [0.2, 0.25) is 5.91 Å². The third-order valence-corrected chi connectivity index (χ3v) is 3.86. The molecule has 0 saturated heterocycles. The Morgan fingerprint density at radius 3 is 2.57 bits per heavy atom. The van der Waals surface area contributed by atoms with E-state index in [0.717, 1.165) is 31.5 Å². The quantitative estimate of drug-likeness (QED) is 0.590. The number of rotatable bonds is 6. The van der Waals surface area contributed by atoms with E-state index in [1.807, 2.05) is 31.8 Å². The molecule has 0 saturated carbocycles. The molecule has 23 heavy (non-hydrogen) atoms. The number of nitroso groups, excluding NO2 is 1. The fraction of sp³-hybridized carbons (Fsp3) is 0.824. The van der Waals surface area contributed by atoms with E-state index in [4.69, 9.17) is 0 Å². The van der Waals surface area contributed by atoms with Gasteiger partial charge in [-0.15, -0.1) is 5.09 Å². The first kappa shape index (κ1) is 21.7. The van der Waals surface area contributed by atoms with E-state index in [1.54, 1.807) is 0 Å². The fourth-order valence-electron chi connectivity index (χ4n) is 2.51. The van der Waals surface area contributed by atoms with Crippen molar-refractivity contribution in [3.8, 4) is 0 Å². The minimum absolute atomic E-state index is 0.0533. The highest BCUT2D eigenvalue weighted by molar-refractivity contribution is 6.55. The van der Waals surface area contributed by atoms with E-state index in [9.17, 15) is 9.70 Å². The molecule has 132 valence electrons. The molecular formula is C17H34BN3O2. The molecule has 0 radical (unpaired) electrons. The highest BCUT2D eigenvalue weighted by atomic mass is 16.2. The summed E-state index contributed by atoms with van der Waals surface area (Å²) in [5, 5.41) is 6.24. The Bertz CT molecular complexity index is 405. The Balaban J connectivity index is 0.00000232. The molecule has 1 unspecified atom stereocenters. The van der Waals surface area contributed by atoms with Crippen molar-refractivity contribution in [2.45, 2.75) is 67.5 Å². The highest BCUT2D eigenvalue weighted by Gasteiger charge is 2.29. The monoisotopic (exact) mass is 323 g/mol. The number of carbonyl (C=O) groups excluding carboxylic acids is 1. The second-order valence-corrected chi connectivity index (χ2v) is 7.12. The maximum absolute atomic E-state index is 12.6. The van der Waals surface area contributed by atoms with Crippen molar-refractivity contribution in [3.05, 3.63) is 16.8 Å². The summed E-state index contributed by atoms with van der Waals surface area (Å²) < 4.78 is 0. The molecule has 0 aromatic heterocycles. The zero-order valence-electron chi connectivity index (χ0n) is 16.0. The predicted molar refractivity (Wildman–Crippen MR) is 99.2 cm³/mol. The molecule has 1 rings (SSSR count). The normalized spacial score (nSPS) is 15.6. The molecule has 6 heteroatoms. The molecule has 5 nitrogen and oxygen atoms in total. The molecule has 1 N–H and O–H groups in total. The van der Waals surface area contributed by atoms with Gasteiger partial charge in [0.25, 0.3) is 0 Å². The molecule has 1 aliphatic heterocycles. The van der Waals surface area contributed by atoms with Crippen LogP contribution in [0, 0.1) is 16.2 Å². The first-order chi connectivity index (χ1) is 10.8. The van der Waals surface area contributed by atoms with Crippen LogP contribution in [0.2, 0.25) is 13.1 Å². The van der Waals surface area contributed by atoms with Gasteiger partial charge in [-0.3, -0.25) is 4.79 Å². The van der Waals surface area contributed by atoms with Gasteiger partial charge >= 0.3 is 6.85 Å². The smallest absolute Gasteiger partial charge is 0.334 e. The van der Waals surface area contributed by atoms with Gasteiger partial charge in [-0.1, -0.05) is 54.8 Å². The van der Waals surface area contributed by atoms with E-state index in [-0.39, 0.29) is 24.1 Å². The fourth-order valence-corrected chi connectivity index (χ4v) is 2.51. The molecular weight excluding hydrogens is 289 g/mol. The van der Waals surface area contributed by atoms with Gasteiger partial charge in [0.1, 0.15) is 0 Å². The van der Waals surface area contributed by atoms with Gasteiger partial charge in [0, 0.05) is 36.8 Å². The summed E-state index contributed by atoms with van der Waals surface area (Å²) in [4.78, 5) is 24.9. The molecule has 0 aromatic rings. The Morgan fingerprint density at radius 1 is 1.43 bits per heavy atom. The lowest BCUT2D eigenvalue weighted by atomic mass is 9.61. The van der Waals surface area contributed by atoms with E-state index in [0.29, 0.717) is 6.42 Å². The standard InChI is InChI=1S/C15H28BN3O2.C2H6/c1-12(6-7-16(5)18-21)10-14(20)19-9-8-17-11-13(19)15(2,3)4;1-2/h11-12,17H,6-10H2,1-5H3;1-2H3. The molecule has 1 aliphatic rings. The van der Waals surface area contributed by atoms with Crippen LogP contribution in [0.4, 0.5) is 0 Å². The second-order valence-electron chi connectivity index (χ2n) is 7.12. The van der Waals surface area contributed by atoms with Crippen molar-refractivity contribution in [3.63, 3.8) is 0 Å². The average molecular weight is 323 g/mol. The minimum Gasteiger partial charge on any atom is -0.388 e. The Hall–Kier alpha value is -1.33. The third kappa shape index (κ3) is 7.66. The molecule has 1 atom stereocenters. The van der Waals surface area contributed by atoms with E-state index < -0.39 is 0 Å². The summed E-state index contributed by atoms with van der Waals surface area (Å²) in [6.45, 7) is 15.6. The van der Waals surface area contributed by atoms with Crippen LogP contribution in [0.25, 0.3) is 0 Å². The van der Waals surface area contributed by atoms with Crippen LogP contribution >= 0.6 is 0 Å². The molecule has 0 aliphatic carbocycles. The van der Waals surface area contributed by atoms with Crippen LogP contribution in [0.15, 0.2) is 17.0 Å².